The van der Waals surface area contributed by atoms with Crippen molar-refractivity contribution in [2.24, 2.45) is 0 Å². The molecule has 0 spiro atoms. The van der Waals surface area contributed by atoms with Crippen LogP contribution >= 0.6 is 23.2 Å². The van der Waals surface area contributed by atoms with Gasteiger partial charge in [0.1, 0.15) is 24.1 Å². The number of hydrogen-bond acceptors (Lipinski definition) is 8. The molecule has 0 unspecified atom stereocenters. The Bertz CT molecular complexity index is 1650. The minimum Gasteiger partial charge on any atom is -0.497 e. The molecule has 0 aliphatic rings. The van der Waals surface area contributed by atoms with Crippen molar-refractivity contribution >= 4 is 50.7 Å². The number of nitrogens with one attached hydrogen (secondary N) is 1. The fourth-order valence-electron chi connectivity index (χ4n) is 4.82. The minimum absolute atomic E-state index is 0.0304. The topological polar surface area (TPSA) is 124 Å². The summed E-state index contributed by atoms with van der Waals surface area (Å²) in [5.74, 6) is -0.133. The van der Waals surface area contributed by atoms with Crippen LogP contribution in [0.3, 0.4) is 0 Å². The summed E-state index contributed by atoms with van der Waals surface area (Å²) in [4.78, 5) is 29.2. The van der Waals surface area contributed by atoms with Gasteiger partial charge in [0, 0.05) is 40.3 Å². The molecule has 3 aromatic rings. The molecule has 11 nitrogen and oxygen atoms in total. The Morgan fingerprint density at radius 3 is 2.00 bits per heavy atom. The zero-order valence-electron chi connectivity index (χ0n) is 27.5. The van der Waals surface area contributed by atoms with Gasteiger partial charge in [-0.25, -0.2) is 8.42 Å². The van der Waals surface area contributed by atoms with E-state index >= 15 is 0 Å². The van der Waals surface area contributed by atoms with E-state index in [1.54, 1.807) is 31.2 Å². The summed E-state index contributed by atoms with van der Waals surface area (Å²) >= 11 is 13.0. The SMILES string of the molecule is CC[C@H](C(=O)N[C@@H](C)CC)N(Cc1c(Cl)cccc1Cl)C(=O)CN(c1cc(OC)ccc1OC)S(=O)(=O)c1ccc(OC)c(OC)c1. The average Bonchev–Trinajstić information content (AvgIpc) is 3.07. The van der Waals surface area contributed by atoms with Gasteiger partial charge in [0.25, 0.3) is 10.0 Å². The lowest BCUT2D eigenvalue weighted by atomic mass is 10.1. The standard InChI is InChI=1S/C33H41Cl2N3O8S/c1-8-21(3)36-33(40)27(9-2)37(19-24-25(34)11-10-12-26(24)35)32(39)20-38(28-17-22(43-4)13-15-29(28)44-5)47(41,42)23-14-16-30(45-6)31(18-23)46-7/h10-18,21,27H,8-9,19-20H2,1-7H3,(H,36,40)/t21-,27+/m0/s1. The number of anilines is 1. The number of hydrogen-bond donors (Lipinski definition) is 1. The van der Waals surface area contributed by atoms with Gasteiger partial charge in [-0.05, 0) is 56.2 Å². The number of halogens is 2. The Balaban J connectivity index is 2.23. The van der Waals surface area contributed by atoms with E-state index in [9.17, 15) is 18.0 Å². The zero-order valence-corrected chi connectivity index (χ0v) is 29.8. The molecule has 0 aromatic heterocycles. The van der Waals surface area contributed by atoms with Crippen LogP contribution in [0.4, 0.5) is 5.69 Å². The lowest BCUT2D eigenvalue weighted by Crippen LogP contribution is -2.53. The number of rotatable bonds is 16. The van der Waals surface area contributed by atoms with Crippen LogP contribution in [-0.4, -0.2) is 72.2 Å². The summed E-state index contributed by atoms with van der Waals surface area (Å²) in [6.45, 7) is 4.65. The molecule has 0 bridgehead atoms. The second kappa shape index (κ2) is 16.8. The molecule has 1 N–H and O–H groups in total. The van der Waals surface area contributed by atoms with E-state index in [1.807, 2.05) is 13.8 Å². The van der Waals surface area contributed by atoms with E-state index < -0.39 is 34.4 Å². The number of carbonyl (C=O) groups excluding carboxylic acids is 2. The minimum atomic E-state index is -4.50. The van der Waals surface area contributed by atoms with Gasteiger partial charge < -0.3 is 29.2 Å². The van der Waals surface area contributed by atoms with Gasteiger partial charge in [0.05, 0.1) is 39.0 Å². The van der Waals surface area contributed by atoms with Gasteiger partial charge in [-0.2, -0.15) is 0 Å². The summed E-state index contributed by atoms with van der Waals surface area (Å²) in [5, 5.41) is 3.51. The van der Waals surface area contributed by atoms with Crippen LogP contribution in [-0.2, 0) is 26.2 Å². The molecule has 2 atom stereocenters. The van der Waals surface area contributed by atoms with E-state index in [0.29, 0.717) is 23.5 Å². The van der Waals surface area contributed by atoms with Crippen molar-refractivity contribution in [3.63, 3.8) is 0 Å². The van der Waals surface area contributed by atoms with Crippen LogP contribution in [0.15, 0.2) is 59.5 Å². The number of ether oxygens (including phenoxy) is 4. The first-order chi connectivity index (χ1) is 22.4. The maximum Gasteiger partial charge on any atom is 0.265 e. The lowest BCUT2D eigenvalue weighted by Gasteiger charge is -2.34. The van der Waals surface area contributed by atoms with Crippen molar-refractivity contribution in [3.05, 3.63) is 70.2 Å². The molecule has 0 radical (unpaired) electrons. The highest BCUT2D eigenvalue weighted by molar-refractivity contribution is 7.92. The number of nitrogens with zero attached hydrogens (tertiary/aromatic N) is 2. The van der Waals surface area contributed by atoms with E-state index in [1.165, 1.54) is 63.7 Å². The maximum atomic E-state index is 14.5. The van der Waals surface area contributed by atoms with Crippen LogP contribution in [0.2, 0.25) is 10.0 Å². The number of methoxy groups -OCH3 is 4. The Hall–Kier alpha value is -3.87. The van der Waals surface area contributed by atoms with E-state index in [2.05, 4.69) is 5.32 Å². The molecule has 47 heavy (non-hydrogen) atoms. The van der Waals surface area contributed by atoms with Crippen molar-refractivity contribution in [2.45, 2.75) is 57.1 Å². The number of sulfonamides is 1. The zero-order chi connectivity index (χ0) is 34.9. The number of carbonyl (C=O) groups is 2. The Morgan fingerprint density at radius 1 is 0.830 bits per heavy atom. The average molecular weight is 711 g/mol. The molecule has 0 aliphatic heterocycles. The maximum absolute atomic E-state index is 14.5. The smallest absolute Gasteiger partial charge is 0.265 e. The van der Waals surface area contributed by atoms with Gasteiger partial charge in [0.15, 0.2) is 11.5 Å². The highest BCUT2D eigenvalue weighted by Gasteiger charge is 2.36. The van der Waals surface area contributed by atoms with Gasteiger partial charge in [-0.15, -0.1) is 0 Å². The third-order valence-corrected chi connectivity index (χ3v) is 10.1. The normalized spacial score (nSPS) is 12.4. The van der Waals surface area contributed by atoms with Gasteiger partial charge >= 0.3 is 0 Å². The quantitative estimate of drug-likeness (QED) is 0.194. The first-order valence-electron chi connectivity index (χ1n) is 14.9. The Kier molecular flexibility index (Phi) is 13.4. The van der Waals surface area contributed by atoms with Crippen molar-refractivity contribution in [1.29, 1.82) is 0 Å². The first kappa shape index (κ1) is 37.6. The fourth-order valence-corrected chi connectivity index (χ4v) is 6.77. The fraction of sp³-hybridized carbons (Fsp3) is 0.394. The van der Waals surface area contributed by atoms with E-state index in [0.717, 1.165) is 4.31 Å². The number of benzene rings is 3. The largest absolute Gasteiger partial charge is 0.497 e. The second-order valence-corrected chi connectivity index (χ2v) is 13.2. The number of amides is 2. The highest BCUT2D eigenvalue weighted by atomic mass is 35.5. The molecular weight excluding hydrogens is 669 g/mol. The van der Waals surface area contributed by atoms with Crippen LogP contribution in [0.25, 0.3) is 0 Å². The molecule has 0 saturated carbocycles. The molecule has 0 aliphatic carbocycles. The predicted octanol–water partition coefficient (Wildman–Crippen LogP) is 5.95. The summed E-state index contributed by atoms with van der Waals surface area (Å²) < 4.78 is 51.5. The molecule has 0 heterocycles. The monoisotopic (exact) mass is 709 g/mol. The summed E-state index contributed by atoms with van der Waals surface area (Å²) in [6.07, 6.45) is 0.889. The van der Waals surface area contributed by atoms with E-state index in [-0.39, 0.29) is 51.1 Å². The van der Waals surface area contributed by atoms with Crippen LogP contribution in [0, 0.1) is 0 Å². The lowest BCUT2D eigenvalue weighted by molar-refractivity contribution is -0.140. The van der Waals surface area contributed by atoms with Crippen LogP contribution < -0.4 is 28.6 Å². The van der Waals surface area contributed by atoms with Gasteiger partial charge in [0.2, 0.25) is 11.8 Å². The second-order valence-electron chi connectivity index (χ2n) is 10.5. The molecule has 14 heteroatoms. The van der Waals surface area contributed by atoms with Gasteiger partial charge in [-0.3, -0.25) is 13.9 Å². The Labute approximate surface area is 286 Å². The van der Waals surface area contributed by atoms with Crippen LogP contribution in [0.5, 0.6) is 23.0 Å². The van der Waals surface area contributed by atoms with Gasteiger partial charge in [-0.1, -0.05) is 43.1 Å². The molecule has 3 aromatic carbocycles. The van der Waals surface area contributed by atoms with Crippen molar-refractivity contribution < 1.29 is 37.0 Å². The summed E-state index contributed by atoms with van der Waals surface area (Å²) in [7, 11) is 1.12. The molecule has 2 amide bonds. The van der Waals surface area contributed by atoms with Crippen molar-refractivity contribution in [1.82, 2.24) is 10.2 Å². The highest BCUT2D eigenvalue weighted by Crippen LogP contribution is 2.38. The van der Waals surface area contributed by atoms with Crippen molar-refractivity contribution in [3.8, 4) is 23.0 Å². The Morgan fingerprint density at radius 2 is 1.45 bits per heavy atom. The molecular formula is C33H41Cl2N3O8S. The molecule has 3 rings (SSSR count). The predicted molar refractivity (Wildman–Crippen MR) is 183 cm³/mol. The third kappa shape index (κ3) is 8.74. The summed E-state index contributed by atoms with van der Waals surface area (Å²) in [5.41, 5.74) is 0.440. The first-order valence-corrected chi connectivity index (χ1v) is 17.1. The molecule has 256 valence electrons. The van der Waals surface area contributed by atoms with E-state index in [4.69, 9.17) is 42.1 Å². The van der Waals surface area contributed by atoms with Crippen molar-refractivity contribution in [2.75, 3.05) is 39.3 Å². The third-order valence-electron chi connectivity index (χ3n) is 7.65. The molecule has 0 fully saturated rings. The molecule has 0 saturated heterocycles. The van der Waals surface area contributed by atoms with Crippen LogP contribution in [0.1, 0.15) is 39.2 Å². The summed E-state index contributed by atoms with van der Waals surface area (Å²) in [6, 6.07) is 12.4.